The summed E-state index contributed by atoms with van der Waals surface area (Å²) >= 11 is 0. The van der Waals surface area contributed by atoms with E-state index in [1.54, 1.807) is 0 Å². The van der Waals surface area contributed by atoms with Crippen LogP contribution in [0.25, 0.3) is 10.9 Å². The van der Waals surface area contributed by atoms with E-state index in [1.807, 2.05) is 6.08 Å². The zero-order valence-electron chi connectivity index (χ0n) is 11.2. The van der Waals surface area contributed by atoms with Gasteiger partial charge in [0.2, 0.25) is 0 Å². The minimum atomic E-state index is 0.982. The van der Waals surface area contributed by atoms with Crippen LogP contribution in [0, 0.1) is 0 Å². The van der Waals surface area contributed by atoms with Crippen molar-refractivity contribution in [2.75, 3.05) is 19.6 Å². The molecule has 0 aliphatic rings. The van der Waals surface area contributed by atoms with E-state index < -0.39 is 0 Å². The van der Waals surface area contributed by atoms with Gasteiger partial charge in [0.05, 0.1) is 0 Å². The number of aromatic nitrogens is 1. The summed E-state index contributed by atoms with van der Waals surface area (Å²) in [7, 11) is 0. The van der Waals surface area contributed by atoms with Crippen molar-refractivity contribution in [1.29, 1.82) is 0 Å². The van der Waals surface area contributed by atoms with Crippen molar-refractivity contribution in [2.45, 2.75) is 19.8 Å². The van der Waals surface area contributed by atoms with Gasteiger partial charge in [0.1, 0.15) is 0 Å². The van der Waals surface area contributed by atoms with Gasteiger partial charge in [-0.1, -0.05) is 31.2 Å². The van der Waals surface area contributed by atoms with E-state index in [4.69, 9.17) is 0 Å². The fourth-order valence-corrected chi connectivity index (χ4v) is 2.41. The van der Waals surface area contributed by atoms with E-state index in [-0.39, 0.29) is 0 Å². The molecule has 18 heavy (non-hydrogen) atoms. The first kappa shape index (κ1) is 12.9. The fraction of sp³-hybridized carbons (Fsp3) is 0.375. The van der Waals surface area contributed by atoms with Gasteiger partial charge in [-0.25, -0.2) is 0 Å². The Bertz CT molecular complexity index is 499. The van der Waals surface area contributed by atoms with Gasteiger partial charge in [0, 0.05) is 30.2 Å². The summed E-state index contributed by atoms with van der Waals surface area (Å²) in [6, 6.07) is 8.50. The van der Waals surface area contributed by atoms with E-state index in [2.05, 4.69) is 53.8 Å². The van der Waals surface area contributed by atoms with Crippen LogP contribution >= 0.6 is 0 Å². The van der Waals surface area contributed by atoms with Gasteiger partial charge < -0.3 is 4.98 Å². The molecular weight excluding hydrogens is 220 g/mol. The second-order valence-corrected chi connectivity index (χ2v) is 4.70. The molecular formula is C16H22N2. The van der Waals surface area contributed by atoms with Gasteiger partial charge in [-0.2, -0.15) is 0 Å². The Morgan fingerprint density at radius 1 is 1.28 bits per heavy atom. The van der Waals surface area contributed by atoms with E-state index in [9.17, 15) is 0 Å². The lowest BCUT2D eigenvalue weighted by molar-refractivity contribution is 0.307. The number of nitrogens with zero attached hydrogens (tertiary/aromatic N) is 1. The molecule has 1 heterocycles. The van der Waals surface area contributed by atoms with E-state index in [0.717, 1.165) is 26.1 Å². The largest absolute Gasteiger partial charge is 0.361 e. The Labute approximate surface area is 109 Å². The molecule has 0 spiro atoms. The number of H-pyrrole nitrogens is 1. The molecule has 1 N–H and O–H groups in total. The van der Waals surface area contributed by atoms with E-state index >= 15 is 0 Å². The number of para-hydroxylation sites is 1. The molecule has 0 atom stereocenters. The summed E-state index contributed by atoms with van der Waals surface area (Å²) in [6.07, 6.45) is 6.42. The highest BCUT2D eigenvalue weighted by molar-refractivity contribution is 5.83. The van der Waals surface area contributed by atoms with Crippen LogP contribution in [0.15, 0.2) is 43.1 Å². The summed E-state index contributed by atoms with van der Waals surface area (Å²) in [6.45, 7) is 9.28. The maximum absolute atomic E-state index is 3.83. The monoisotopic (exact) mass is 242 g/mol. The van der Waals surface area contributed by atoms with Crippen LogP contribution in [0.1, 0.15) is 18.9 Å². The maximum atomic E-state index is 3.83. The molecule has 1 aromatic heterocycles. The summed E-state index contributed by atoms with van der Waals surface area (Å²) in [4.78, 5) is 5.79. The SMILES string of the molecule is C=CCN(CCC)CCc1c[nH]c2ccccc12. The Morgan fingerprint density at radius 3 is 2.89 bits per heavy atom. The smallest absolute Gasteiger partial charge is 0.0456 e. The van der Waals surface area contributed by atoms with Crippen molar-refractivity contribution in [2.24, 2.45) is 0 Å². The van der Waals surface area contributed by atoms with Crippen molar-refractivity contribution in [3.63, 3.8) is 0 Å². The first-order valence-electron chi connectivity index (χ1n) is 6.73. The molecule has 0 bridgehead atoms. The van der Waals surface area contributed by atoms with Gasteiger partial charge >= 0.3 is 0 Å². The Morgan fingerprint density at radius 2 is 2.11 bits per heavy atom. The normalized spacial score (nSPS) is 11.2. The van der Waals surface area contributed by atoms with E-state index in [0.29, 0.717) is 0 Å². The molecule has 0 saturated heterocycles. The number of rotatable bonds is 7. The summed E-state index contributed by atoms with van der Waals surface area (Å²) < 4.78 is 0. The molecule has 0 unspecified atom stereocenters. The van der Waals surface area contributed by atoms with Crippen LogP contribution in [0.2, 0.25) is 0 Å². The maximum Gasteiger partial charge on any atom is 0.0456 e. The first-order valence-corrected chi connectivity index (χ1v) is 6.73. The topological polar surface area (TPSA) is 19.0 Å². The zero-order chi connectivity index (χ0) is 12.8. The van der Waals surface area contributed by atoms with E-state index in [1.165, 1.54) is 22.9 Å². The van der Waals surface area contributed by atoms with Crippen molar-refractivity contribution >= 4 is 10.9 Å². The highest BCUT2D eigenvalue weighted by atomic mass is 15.1. The van der Waals surface area contributed by atoms with Gasteiger partial charge in [-0.3, -0.25) is 4.90 Å². The van der Waals surface area contributed by atoms with Crippen LogP contribution in [-0.2, 0) is 6.42 Å². The highest BCUT2D eigenvalue weighted by Crippen LogP contribution is 2.18. The van der Waals surface area contributed by atoms with Gasteiger partial charge in [0.25, 0.3) is 0 Å². The number of hydrogen-bond acceptors (Lipinski definition) is 1. The lowest BCUT2D eigenvalue weighted by Gasteiger charge is -2.19. The molecule has 1 aromatic carbocycles. The lowest BCUT2D eigenvalue weighted by atomic mass is 10.1. The van der Waals surface area contributed by atoms with Crippen LogP contribution < -0.4 is 0 Å². The molecule has 2 rings (SSSR count). The molecule has 0 radical (unpaired) electrons. The van der Waals surface area contributed by atoms with Crippen molar-refractivity contribution in [3.8, 4) is 0 Å². The van der Waals surface area contributed by atoms with Gasteiger partial charge in [0.15, 0.2) is 0 Å². The van der Waals surface area contributed by atoms with Crippen LogP contribution in [0.4, 0.5) is 0 Å². The molecule has 0 fully saturated rings. The Kier molecular flexibility index (Phi) is 4.59. The van der Waals surface area contributed by atoms with Gasteiger partial charge in [-0.05, 0) is 31.0 Å². The number of fused-ring (bicyclic) bond motifs is 1. The zero-order valence-corrected chi connectivity index (χ0v) is 11.2. The van der Waals surface area contributed by atoms with Crippen molar-refractivity contribution in [1.82, 2.24) is 9.88 Å². The summed E-state index contributed by atoms with van der Waals surface area (Å²) in [5.41, 5.74) is 2.65. The minimum Gasteiger partial charge on any atom is -0.361 e. The third kappa shape index (κ3) is 3.02. The highest BCUT2D eigenvalue weighted by Gasteiger charge is 2.06. The molecule has 0 amide bonds. The predicted molar refractivity (Wildman–Crippen MR) is 78.9 cm³/mol. The first-order chi connectivity index (χ1) is 8.85. The second kappa shape index (κ2) is 6.41. The number of benzene rings is 1. The van der Waals surface area contributed by atoms with Crippen LogP contribution in [-0.4, -0.2) is 29.5 Å². The fourth-order valence-electron chi connectivity index (χ4n) is 2.41. The molecule has 0 aliphatic carbocycles. The number of aromatic amines is 1. The molecule has 0 aliphatic heterocycles. The van der Waals surface area contributed by atoms with Crippen LogP contribution in [0.5, 0.6) is 0 Å². The average Bonchev–Trinajstić information content (AvgIpc) is 2.80. The summed E-state index contributed by atoms with van der Waals surface area (Å²) in [5.74, 6) is 0. The number of hydrogen-bond donors (Lipinski definition) is 1. The molecule has 2 heteroatoms. The third-order valence-electron chi connectivity index (χ3n) is 3.30. The average molecular weight is 242 g/mol. The predicted octanol–water partition coefficient (Wildman–Crippen LogP) is 3.61. The number of nitrogens with one attached hydrogen (secondary N) is 1. The summed E-state index contributed by atoms with van der Waals surface area (Å²) in [5, 5.41) is 1.35. The van der Waals surface area contributed by atoms with Crippen molar-refractivity contribution in [3.05, 3.63) is 48.7 Å². The standard InChI is InChI=1S/C16H22N2/c1-3-10-18(11-4-2)12-9-14-13-17-16-8-6-5-7-15(14)16/h3,5-8,13,17H,1,4,9-12H2,2H3. The van der Waals surface area contributed by atoms with Crippen molar-refractivity contribution < 1.29 is 0 Å². The third-order valence-corrected chi connectivity index (χ3v) is 3.30. The van der Waals surface area contributed by atoms with Crippen LogP contribution in [0.3, 0.4) is 0 Å². The Balaban J connectivity index is 2.02. The second-order valence-electron chi connectivity index (χ2n) is 4.70. The lowest BCUT2D eigenvalue weighted by Crippen LogP contribution is -2.27. The molecule has 0 saturated carbocycles. The molecule has 2 aromatic rings. The molecule has 96 valence electrons. The molecule has 2 nitrogen and oxygen atoms in total. The van der Waals surface area contributed by atoms with Gasteiger partial charge in [-0.15, -0.1) is 6.58 Å². The minimum absolute atomic E-state index is 0.982. The Hall–Kier alpha value is -1.54. The quantitative estimate of drug-likeness (QED) is 0.735.